The van der Waals surface area contributed by atoms with Crippen molar-refractivity contribution in [1.82, 2.24) is 25.1 Å². The van der Waals surface area contributed by atoms with Crippen molar-refractivity contribution in [3.05, 3.63) is 53.2 Å². The third-order valence-electron chi connectivity index (χ3n) is 5.93. The van der Waals surface area contributed by atoms with Gasteiger partial charge in [-0.25, -0.2) is 4.39 Å². The first kappa shape index (κ1) is 18.7. The molecule has 3 aromatic heterocycles. The van der Waals surface area contributed by atoms with Crippen LogP contribution in [-0.2, 0) is 6.54 Å². The first-order valence-corrected chi connectivity index (χ1v) is 10.2. The third kappa shape index (κ3) is 3.33. The van der Waals surface area contributed by atoms with Crippen LogP contribution in [0.1, 0.15) is 41.5 Å². The number of hydrogen-bond donors (Lipinski definition) is 3. The van der Waals surface area contributed by atoms with Gasteiger partial charge in [0.05, 0.1) is 39.7 Å². The van der Waals surface area contributed by atoms with Crippen molar-refractivity contribution in [2.45, 2.75) is 39.3 Å². The zero-order valence-corrected chi connectivity index (χ0v) is 16.9. The van der Waals surface area contributed by atoms with Gasteiger partial charge in [0, 0.05) is 29.7 Å². The summed E-state index contributed by atoms with van der Waals surface area (Å²) < 4.78 is 14.4. The number of aromatic nitrogens is 4. The van der Waals surface area contributed by atoms with Crippen molar-refractivity contribution in [2.75, 3.05) is 11.9 Å². The molecule has 4 heterocycles. The fraction of sp³-hybridized carbons (Fsp3) is 0.318. The number of likely N-dealkylation sites (tertiary alicyclic amines) is 1. The van der Waals surface area contributed by atoms with E-state index in [4.69, 9.17) is 0 Å². The Labute approximate surface area is 172 Å². The lowest BCUT2D eigenvalue weighted by Crippen LogP contribution is -2.26. The normalized spacial score (nSPS) is 17.2. The smallest absolute Gasteiger partial charge is 0.258 e. The molecule has 0 unspecified atom stereocenters. The van der Waals surface area contributed by atoms with Gasteiger partial charge in [0.25, 0.3) is 5.91 Å². The van der Waals surface area contributed by atoms with E-state index in [1.165, 1.54) is 25.0 Å². The SMILES string of the molecule is Cc1n[nH]c2cc(F)c(C(=O)Nc3cnc4cc(CN5CCC[C@@H]5C)[nH]c4c3)cc12. The molecule has 7 nitrogen and oxygen atoms in total. The Balaban J connectivity index is 1.38. The lowest BCUT2D eigenvalue weighted by molar-refractivity contribution is 0.102. The van der Waals surface area contributed by atoms with E-state index in [1.807, 2.05) is 19.1 Å². The van der Waals surface area contributed by atoms with Gasteiger partial charge in [0.15, 0.2) is 0 Å². The van der Waals surface area contributed by atoms with Crippen LogP contribution in [0.5, 0.6) is 0 Å². The van der Waals surface area contributed by atoms with Crippen molar-refractivity contribution in [1.29, 1.82) is 0 Å². The number of nitrogens with one attached hydrogen (secondary N) is 3. The average molecular weight is 406 g/mol. The minimum Gasteiger partial charge on any atom is -0.356 e. The van der Waals surface area contributed by atoms with E-state index < -0.39 is 11.7 Å². The molecule has 5 rings (SSSR count). The Hall–Kier alpha value is -3.26. The molecule has 0 aliphatic carbocycles. The molecule has 154 valence electrons. The van der Waals surface area contributed by atoms with Crippen LogP contribution in [0.15, 0.2) is 30.5 Å². The maximum atomic E-state index is 14.4. The highest BCUT2D eigenvalue weighted by Gasteiger charge is 2.21. The lowest BCUT2D eigenvalue weighted by atomic mass is 10.1. The first-order valence-electron chi connectivity index (χ1n) is 10.2. The van der Waals surface area contributed by atoms with Crippen molar-refractivity contribution >= 4 is 33.5 Å². The molecule has 3 N–H and O–H groups in total. The van der Waals surface area contributed by atoms with E-state index in [0.717, 1.165) is 35.2 Å². The fourth-order valence-electron chi connectivity index (χ4n) is 4.21. The summed E-state index contributed by atoms with van der Waals surface area (Å²) in [6.07, 6.45) is 4.06. The second-order valence-corrected chi connectivity index (χ2v) is 8.05. The maximum absolute atomic E-state index is 14.4. The molecule has 4 aromatic rings. The number of pyridine rings is 1. The number of carbonyl (C=O) groups is 1. The lowest BCUT2D eigenvalue weighted by Gasteiger charge is -2.19. The second kappa shape index (κ2) is 7.21. The maximum Gasteiger partial charge on any atom is 0.258 e. The van der Waals surface area contributed by atoms with E-state index in [2.05, 4.69) is 37.3 Å². The van der Waals surface area contributed by atoms with Crippen molar-refractivity contribution in [2.24, 2.45) is 0 Å². The highest BCUT2D eigenvalue weighted by Crippen LogP contribution is 2.24. The van der Waals surface area contributed by atoms with Crippen LogP contribution in [0, 0.1) is 12.7 Å². The minimum atomic E-state index is -0.598. The zero-order chi connectivity index (χ0) is 20.8. The topological polar surface area (TPSA) is 89.7 Å². The summed E-state index contributed by atoms with van der Waals surface area (Å²) in [6, 6.07) is 7.28. The van der Waals surface area contributed by atoms with Crippen LogP contribution < -0.4 is 5.32 Å². The van der Waals surface area contributed by atoms with Gasteiger partial charge in [-0.15, -0.1) is 0 Å². The first-order chi connectivity index (χ1) is 14.5. The summed E-state index contributed by atoms with van der Waals surface area (Å²) in [5, 5.41) is 10.3. The Morgan fingerprint density at radius 3 is 2.97 bits per heavy atom. The average Bonchev–Trinajstić information content (AvgIpc) is 3.40. The Bertz CT molecular complexity index is 1260. The molecule has 8 heteroatoms. The summed E-state index contributed by atoms with van der Waals surface area (Å²) in [5.74, 6) is -1.12. The number of benzene rings is 1. The molecular formula is C22H23FN6O. The fourth-order valence-corrected chi connectivity index (χ4v) is 4.21. The van der Waals surface area contributed by atoms with Gasteiger partial charge in [0.2, 0.25) is 0 Å². The van der Waals surface area contributed by atoms with E-state index >= 15 is 0 Å². The highest BCUT2D eigenvalue weighted by atomic mass is 19.1. The van der Waals surface area contributed by atoms with Crippen LogP contribution in [0.25, 0.3) is 21.9 Å². The number of nitrogens with zero attached hydrogens (tertiary/aromatic N) is 3. The Morgan fingerprint density at radius 2 is 2.17 bits per heavy atom. The summed E-state index contributed by atoms with van der Waals surface area (Å²) in [4.78, 5) is 23.0. The van der Waals surface area contributed by atoms with Gasteiger partial charge in [-0.3, -0.25) is 19.8 Å². The quantitative estimate of drug-likeness (QED) is 0.476. The molecule has 1 aromatic carbocycles. The molecule has 0 saturated carbocycles. The largest absolute Gasteiger partial charge is 0.356 e. The van der Waals surface area contributed by atoms with E-state index in [9.17, 15) is 9.18 Å². The molecule has 1 amide bonds. The molecule has 1 aliphatic rings. The zero-order valence-electron chi connectivity index (χ0n) is 16.9. The number of amides is 1. The van der Waals surface area contributed by atoms with Gasteiger partial charge >= 0.3 is 0 Å². The number of fused-ring (bicyclic) bond motifs is 2. The Kier molecular flexibility index (Phi) is 4.51. The number of hydrogen-bond acceptors (Lipinski definition) is 4. The molecule has 0 radical (unpaired) electrons. The number of aromatic amines is 2. The number of anilines is 1. The van der Waals surface area contributed by atoms with Gasteiger partial charge in [-0.1, -0.05) is 0 Å². The van der Waals surface area contributed by atoms with E-state index in [1.54, 1.807) is 6.20 Å². The van der Waals surface area contributed by atoms with Crippen molar-refractivity contribution in [3.63, 3.8) is 0 Å². The second-order valence-electron chi connectivity index (χ2n) is 8.05. The molecule has 1 aliphatic heterocycles. The number of carbonyl (C=O) groups excluding carboxylic acids is 1. The van der Waals surface area contributed by atoms with E-state index in [-0.39, 0.29) is 5.56 Å². The van der Waals surface area contributed by atoms with E-state index in [0.29, 0.717) is 22.9 Å². The summed E-state index contributed by atoms with van der Waals surface area (Å²) >= 11 is 0. The number of H-pyrrole nitrogens is 2. The number of rotatable bonds is 4. The molecule has 0 bridgehead atoms. The number of aryl methyl sites for hydroxylation is 1. The van der Waals surface area contributed by atoms with Gasteiger partial charge in [0.1, 0.15) is 5.82 Å². The molecule has 30 heavy (non-hydrogen) atoms. The molecule has 1 saturated heterocycles. The van der Waals surface area contributed by atoms with Gasteiger partial charge in [-0.2, -0.15) is 5.10 Å². The highest BCUT2D eigenvalue weighted by molar-refractivity contribution is 6.07. The molecule has 1 atom stereocenters. The van der Waals surface area contributed by atoms with Crippen LogP contribution >= 0.6 is 0 Å². The summed E-state index contributed by atoms with van der Waals surface area (Å²) in [6.45, 7) is 6.02. The predicted octanol–water partition coefficient (Wildman–Crippen LogP) is 4.12. The standard InChI is InChI=1S/C22H23FN6O/c1-12-4-3-5-29(12)11-15-7-20-21(25-15)6-14(10-24-20)26-22(30)17-8-16-13(2)27-28-19(16)9-18(17)23/h6-10,12,25H,3-5,11H2,1-2H3,(H,26,30)(H,27,28)/t12-/m0/s1. The summed E-state index contributed by atoms with van der Waals surface area (Å²) in [5.41, 5.74) is 4.56. The van der Waals surface area contributed by atoms with Crippen LogP contribution in [0.2, 0.25) is 0 Å². The van der Waals surface area contributed by atoms with Gasteiger partial charge in [-0.05, 0) is 51.4 Å². The summed E-state index contributed by atoms with van der Waals surface area (Å²) in [7, 11) is 0. The number of halogens is 1. The van der Waals surface area contributed by atoms with Crippen LogP contribution in [0.4, 0.5) is 10.1 Å². The molecule has 0 spiro atoms. The molecular weight excluding hydrogens is 383 g/mol. The monoisotopic (exact) mass is 406 g/mol. The Morgan fingerprint density at radius 1 is 1.30 bits per heavy atom. The minimum absolute atomic E-state index is 0.0257. The van der Waals surface area contributed by atoms with Crippen molar-refractivity contribution in [3.8, 4) is 0 Å². The van der Waals surface area contributed by atoms with Crippen molar-refractivity contribution < 1.29 is 9.18 Å². The van der Waals surface area contributed by atoms with Gasteiger partial charge < -0.3 is 10.3 Å². The van der Waals surface area contributed by atoms with Crippen LogP contribution in [0.3, 0.4) is 0 Å². The third-order valence-corrected chi connectivity index (χ3v) is 5.93. The predicted molar refractivity (Wildman–Crippen MR) is 114 cm³/mol. The molecule has 1 fully saturated rings. The van der Waals surface area contributed by atoms with Crippen LogP contribution in [-0.4, -0.2) is 43.6 Å².